The first-order valence-electron chi connectivity index (χ1n) is 18.6. The average molecular weight is 729 g/mol. The van der Waals surface area contributed by atoms with E-state index in [4.69, 9.17) is 9.47 Å². The number of rotatable bonds is 16. The summed E-state index contributed by atoms with van der Waals surface area (Å²) in [4.78, 5) is 51.9. The Morgan fingerprint density at radius 3 is 1.25 bits per heavy atom. The number of aliphatic hydroxyl groups excluding tert-OH is 4. The van der Waals surface area contributed by atoms with Crippen LogP contribution in [0.3, 0.4) is 0 Å². The highest BCUT2D eigenvalue weighted by Crippen LogP contribution is 2.28. The number of ketones is 2. The van der Waals surface area contributed by atoms with Crippen LogP contribution in [-0.4, -0.2) is 80.6 Å². The molecule has 14 atom stereocenters. The zero-order valence-corrected chi connectivity index (χ0v) is 32.7. The van der Waals surface area contributed by atoms with Crippen LogP contribution in [0.4, 0.5) is 0 Å². The molecule has 0 radical (unpaired) electrons. The van der Waals surface area contributed by atoms with Crippen LogP contribution in [0.15, 0.2) is 72.9 Å². The van der Waals surface area contributed by atoms with Crippen LogP contribution in [0, 0.1) is 47.3 Å². The summed E-state index contributed by atoms with van der Waals surface area (Å²) >= 11 is 0. The molecule has 0 unspecified atom stereocenters. The molecular weight excluding hydrogens is 664 g/mol. The number of aliphatic hydroxyl groups is 4. The zero-order valence-electron chi connectivity index (χ0n) is 32.7. The number of ether oxygens (including phenoxy) is 2. The molecule has 4 N–H and O–H groups in total. The Bertz CT molecular complexity index is 1220. The van der Waals surface area contributed by atoms with E-state index in [0.717, 1.165) is 0 Å². The summed E-state index contributed by atoms with van der Waals surface area (Å²) in [7, 11) is 0. The van der Waals surface area contributed by atoms with Crippen molar-refractivity contribution in [3.05, 3.63) is 72.9 Å². The number of hydrogen-bond donors (Lipinski definition) is 4. The molecule has 52 heavy (non-hydrogen) atoms. The van der Waals surface area contributed by atoms with E-state index in [1.54, 1.807) is 91.8 Å². The maximum absolute atomic E-state index is 13.0. The van der Waals surface area contributed by atoms with Gasteiger partial charge in [0.05, 0.1) is 24.4 Å². The topological polar surface area (TPSA) is 168 Å². The van der Waals surface area contributed by atoms with Gasteiger partial charge < -0.3 is 29.9 Å². The van der Waals surface area contributed by atoms with E-state index in [0.29, 0.717) is 12.8 Å². The molecule has 292 valence electrons. The number of cyclic esters (lactones) is 2. The highest BCUT2D eigenvalue weighted by atomic mass is 16.5. The molecule has 0 spiro atoms. The molecule has 0 amide bonds. The van der Waals surface area contributed by atoms with Crippen LogP contribution in [0.5, 0.6) is 0 Å². The fraction of sp³-hybridized carbons (Fsp3) is 0.619. The lowest BCUT2D eigenvalue weighted by Gasteiger charge is -2.33. The second-order valence-electron chi connectivity index (χ2n) is 14.4. The van der Waals surface area contributed by atoms with Crippen molar-refractivity contribution in [1.29, 1.82) is 0 Å². The van der Waals surface area contributed by atoms with Crippen LogP contribution in [0.2, 0.25) is 0 Å². The largest absolute Gasteiger partial charge is 0.458 e. The van der Waals surface area contributed by atoms with Crippen molar-refractivity contribution in [1.82, 2.24) is 0 Å². The van der Waals surface area contributed by atoms with Crippen molar-refractivity contribution in [2.45, 2.75) is 119 Å². The second kappa shape index (κ2) is 23.3. The van der Waals surface area contributed by atoms with E-state index in [2.05, 4.69) is 0 Å². The monoisotopic (exact) mass is 728 g/mol. The summed E-state index contributed by atoms with van der Waals surface area (Å²) in [5.74, 6) is -6.11. The van der Waals surface area contributed by atoms with E-state index >= 15 is 0 Å². The Labute approximate surface area is 311 Å². The van der Waals surface area contributed by atoms with E-state index in [9.17, 15) is 39.6 Å². The predicted octanol–water partition coefficient (Wildman–Crippen LogP) is 5.65. The highest BCUT2D eigenvalue weighted by Gasteiger charge is 2.37. The predicted molar refractivity (Wildman–Crippen MR) is 203 cm³/mol. The van der Waals surface area contributed by atoms with Gasteiger partial charge in [0.1, 0.15) is 12.2 Å². The van der Waals surface area contributed by atoms with Crippen molar-refractivity contribution in [2.24, 2.45) is 47.3 Å². The Kier molecular flexibility index (Phi) is 20.8. The molecule has 0 aromatic heterocycles. The molecule has 10 heteroatoms. The summed E-state index contributed by atoms with van der Waals surface area (Å²) in [6.45, 7) is 17.4. The van der Waals surface area contributed by atoms with Gasteiger partial charge in [-0.2, -0.15) is 0 Å². The van der Waals surface area contributed by atoms with Crippen molar-refractivity contribution in [2.75, 3.05) is 0 Å². The standard InChI is InChI=1S/C42H64O10/c1-11-33(31(9)43)21-23-35(45)27(5)39(49)29(7)41-25(3)17-13-15-20-38(48)52-42(26(4)18-14-16-19-37(47)51-41)30(8)40(50)28(6)36(46)24-22-34(12-2)32(10)44/h13-34,39-44,49-50H,11-12H2,1-10H3/b17-13+,18-14+,19-16+,20-15+,23-21+,24-22+/t25-,26-,27+,28+,29+,30+,31-,32-,33-,34-,39+,40+,41-,42-/m0/s1. The first-order valence-corrected chi connectivity index (χ1v) is 18.6. The summed E-state index contributed by atoms with van der Waals surface area (Å²) in [6, 6.07) is 0. The summed E-state index contributed by atoms with van der Waals surface area (Å²) < 4.78 is 11.7. The first-order chi connectivity index (χ1) is 24.4. The van der Waals surface area contributed by atoms with Gasteiger partial charge in [0, 0.05) is 59.5 Å². The highest BCUT2D eigenvalue weighted by molar-refractivity contribution is 5.92. The molecule has 0 bridgehead atoms. The Morgan fingerprint density at radius 1 is 0.635 bits per heavy atom. The minimum atomic E-state index is -1.15. The Morgan fingerprint density at radius 2 is 0.962 bits per heavy atom. The van der Waals surface area contributed by atoms with Crippen molar-refractivity contribution in [3.63, 3.8) is 0 Å². The molecule has 0 aromatic rings. The number of carbonyl (C=O) groups is 4. The quantitative estimate of drug-likeness (QED) is 0.115. The second-order valence-corrected chi connectivity index (χ2v) is 14.4. The third-order valence-electron chi connectivity index (χ3n) is 10.3. The van der Waals surface area contributed by atoms with Gasteiger partial charge in [0.25, 0.3) is 0 Å². The lowest BCUT2D eigenvalue weighted by atomic mass is 9.82. The molecule has 1 aliphatic rings. The molecule has 0 aromatic carbocycles. The zero-order chi connectivity index (χ0) is 39.7. The first kappa shape index (κ1) is 46.6. The molecule has 1 heterocycles. The smallest absolute Gasteiger partial charge is 0.331 e. The number of allylic oxidation sites excluding steroid dienone is 6. The van der Waals surface area contributed by atoms with Crippen molar-refractivity contribution < 1.29 is 49.1 Å². The summed E-state index contributed by atoms with van der Waals surface area (Å²) in [5.41, 5.74) is 0. The summed E-state index contributed by atoms with van der Waals surface area (Å²) in [6.07, 6.45) is 14.3. The van der Waals surface area contributed by atoms with Gasteiger partial charge in [-0.25, -0.2) is 9.59 Å². The molecule has 1 aliphatic heterocycles. The van der Waals surface area contributed by atoms with Crippen LogP contribution >= 0.6 is 0 Å². The lowest BCUT2D eigenvalue weighted by molar-refractivity contribution is -0.152. The Hall–Kier alpha value is -3.44. The third kappa shape index (κ3) is 14.9. The normalized spacial score (nSPS) is 29.0. The average Bonchev–Trinajstić information content (AvgIpc) is 3.10. The molecule has 0 saturated carbocycles. The van der Waals surface area contributed by atoms with Gasteiger partial charge in [-0.1, -0.05) is 104 Å². The van der Waals surface area contributed by atoms with Gasteiger partial charge in [0.15, 0.2) is 11.6 Å². The molecule has 0 aliphatic carbocycles. The van der Waals surface area contributed by atoms with Crippen LogP contribution < -0.4 is 0 Å². The van der Waals surface area contributed by atoms with Gasteiger partial charge in [0.2, 0.25) is 0 Å². The van der Waals surface area contributed by atoms with Crippen LogP contribution in [0.25, 0.3) is 0 Å². The van der Waals surface area contributed by atoms with Crippen LogP contribution in [0.1, 0.15) is 82.1 Å². The fourth-order valence-electron chi connectivity index (χ4n) is 6.35. The van der Waals surface area contributed by atoms with Crippen molar-refractivity contribution in [3.8, 4) is 0 Å². The molecule has 0 saturated heterocycles. The van der Waals surface area contributed by atoms with Gasteiger partial charge >= 0.3 is 11.9 Å². The minimum Gasteiger partial charge on any atom is -0.458 e. The Balaban J connectivity index is 3.25. The van der Waals surface area contributed by atoms with E-state index in [-0.39, 0.29) is 23.4 Å². The fourth-order valence-corrected chi connectivity index (χ4v) is 6.35. The van der Waals surface area contributed by atoms with Gasteiger partial charge in [-0.05, 0) is 38.8 Å². The van der Waals surface area contributed by atoms with Gasteiger partial charge in [-0.3, -0.25) is 9.59 Å². The number of esters is 2. The van der Waals surface area contributed by atoms with Crippen molar-refractivity contribution >= 4 is 23.5 Å². The molecule has 0 fully saturated rings. The van der Waals surface area contributed by atoms with Gasteiger partial charge in [-0.15, -0.1) is 0 Å². The maximum atomic E-state index is 13.0. The SMILES string of the molecule is CC[C@@H](/C=C/C(=O)[C@@H](C)[C@@H](O)[C@@H](C)[C@H]1OC(=O)/C=C/C=C/[C@H](C)[C@@H]([C@H](C)[C@H](O)[C@H](C)C(=O)/C=C/[C@H](CC)[C@H](C)O)OC(=O)/C=C/C=C/[C@@H]1C)[C@H](C)O. The van der Waals surface area contributed by atoms with E-state index < -0.39 is 84.1 Å². The molecule has 10 nitrogen and oxygen atoms in total. The minimum absolute atomic E-state index is 0.191. The third-order valence-corrected chi connectivity index (χ3v) is 10.3. The number of carbonyl (C=O) groups excluding carboxylic acids is 4. The summed E-state index contributed by atoms with van der Waals surface area (Å²) in [5, 5.41) is 42.3. The molecular formula is C42H64O10. The van der Waals surface area contributed by atoms with Crippen LogP contribution in [-0.2, 0) is 28.7 Å². The number of hydrogen-bond acceptors (Lipinski definition) is 10. The molecule has 1 rings (SSSR count). The lowest BCUT2D eigenvalue weighted by Crippen LogP contribution is -2.41. The van der Waals surface area contributed by atoms with E-state index in [1.165, 1.54) is 36.5 Å². The maximum Gasteiger partial charge on any atom is 0.331 e. The van der Waals surface area contributed by atoms with E-state index in [1.807, 2.05) is 13.8 Å².